The van der Waals surface area contributed by atoms with E-state index in [0.29, 0.717) is 24.4 Å². The summed E-state index contributed by atoms with van der Waals surface area (Å²) in [5.74, 6) is -1.56. The highest BCUT2D eigenvalue weighted by Gasteiger charge is 2.15. The van der Waals surface area contributed by atoms with Crippen LogP contribution in [0.1, 0.15) is 31.1 Å². The zero-order valence-corrected chi connectivity index (χ0v) is 12.6. The molecule has 1 aromatic carbocycles. The van der Waals surface area contributed by atoms with Crippen LogP contribution in [-0.4, -0.2) is 22.9 Å². The molecule has 1 heterocycles. The van der Waals surface area contributed by atoms with Crippen LogP contribution in [0.5, 0.6) is 0 Å². The van der Waals surface area contributed by atoms with Gasteiger partial charge in [0, 0.05) is 24.7 Å². The van der Waals surface area contributed by atoms with Crippen molar-refractivity contribution in [3.63, 3.8) is 0 Å². The molecular weight excluding hydrogens is 272 g/mol. The molecule has 2 aromatic rings. The van der Waals surface area contributed by atoms with Crippen LogP contribution >= 0.6 is 0 Å². The van der Waals surface area contributed by atoms with Gasteiger partial charge in [0.1, 0.15) is 0 Å². The standard InChI is InChI=1S/C16H21F2N3/c1-11(2)21-8-7-13(20-21)10-14(19-3)9-12-5-4-6-15(17)16(12)18/h4-8,11,14,19H,9-10H2,1-3H3. The normalized spacial score (nSPS) is 12.9. The molecule has 0 aliphatic carbocycles. The van der Waals surface area contributed by atoms with Crippen molar-refractivity contribution in [2.24, 2.45) is 0 Å². The van der Waals surface area contributed by atoms with Crippen LogP contribution in [0, 0.1) is 11.6 Å². The molecule has 0 saturated carbocycles. The van der Waals surface area contributed by atoms with Crippen LogP contribution in [-0.2, 0) is 12.8 Å². The fraction of sp³-hybridized carbons (Fsp3) is 0.438. The predicted octanol–water partition coefficient (Wildman–Crippen LogP) is 3.12. The van der Waals surface area contributed by atoms with Crippen molar-refractivity contribution >= 4 is 0 Å². The fourth-order valence-corrected chi connectivity index (χ4v) is 2.27. The van der Waals surface area contributed by atoms with Crippen LogP contribution in [0.4, 0.5) is 8.78 Å². The number of hydrogen-bond acceptors (Lipinski definition) is 2. The summed E-state index contributed by atoms with van der Waals surface area (Å²) in [5, 5.41) is 7.63. The van der Waals surface area contributed by atoms with Crippen LogP contribution < -0.4 is 5.32 Å². The summed E-state index contributed by atoms with van der Waals surface area (Å²) in [4.78, 5) is 0. The predicted molar refractivity (Wildman–Crippen MR) is 79.2 cm³/mol. The molecule has 1 N–H and O–H groups in total. The van der Waals surface area contributed by atoms with Gasteiger partial charge in [0.05, 0.1) is 5.69 Å². The van der Waals surface area contributed by atoms with E-state index in [2.05, 4.69) is 24.3 Å². The first kappa shape index (κ1) is 15.6. The van der Waals surface area contributed by atoms with E-state index in [1.54, 1.807) is 6.07 Å². The minimum Gasteiger partial charge on any atom is -0.316 e. The molecule has 1 unspecified atom stereocenters. The monoisotopic (exact) mass is 293 g/mol. The van der Waals surface area contributed by atoms with Gasteiger partial charge in [-0.15, -0.1) is 0 Å². The van der Waals surface area contributed by atoms with Crippen LogP contribution in [0.25, 0.3) is 0 Å². The Hall–Kier alpha value is -1.75. The van der Waals surface area contributed by atoms with Crippen molar-refractivity contribution < 1.29 is 8.78 Å². The zero-order chi connectivity index (χ0) is 15.4. The lowest BCUT2D eigenvalue weighted by Gasteiger charge is -2.15. The second-order valence-corrected chi connectivity index (χ2v) is 5.49. The van der Waals surface area contributed by atoms with Crippen molar-refractivity contribution in [3.05, 3.63) is 53.4 Å². The first-order valence-corrected chi connectivity index (χ1v) is 7.15. The summed E-state index contributed by atoms with van der Waals surface area (Å²) in [6.07, 6.45) is 3.04. The van der Waals surface area contributed by atoms with Crippen LogP contribution in [0.15, 0.2) is 30.5 Å². The Bertz CT molecular complexity index is 593. The van der Waals surface area contributed by atoms with Gasteiger partial charge in [0.25, 0.3) is 0 Å². The Balaban J connectivity index is 2.07. The number of rotatable bonds is 6. The Labute approximate surface area is 124 Å². The third-order valence-electron chi connectivity index (χ3n) is 3.55. The van der Waals surface area contributed by atoms with Gasteiger partial charge in [-0.3, -0.25) is 4.68 Å². The van der Waals surface area contributed by atoms with Crippen LogP contribution in [0.3, 0.4) is 0 Å². The van der Waals surface area contributed by atoms with E-state index < -0.39 is 11.6 Å². The minimum atomic E-state index is -0.800. The van der Waals surface area contributed by atoms with E-state index in [1.807, 2.05) is 24.0 Å². The smallest absolute Gasteiger partial charge is 0.162 e. The quantitative estimate of drug-likeness (QED) is 0.887. The summed E-state index contributed by atoms with van der Waals surface area (Å²) in [6, 6.07) is 6.58. The molecule has 5 heteroatoms. The Kier molecular flexibility index (Phi) is 5.07. The third kappa shape index (κ3) is 3.88. The first-order valence-electron chi connectivity index (χ1n) is 7.15. The average Bonchev–Trinajstić information content (AvgIpc) is 2.91. The largest absolute Gasteiger partial charge is 0.316 e. The van der Waals surface area contributed by atoms with Gasteiger partial charge >= 0.3 is 0 Å². The van der Waals surface area contributed by atoms with Crippen molar-refractivity contribution in [2.75, 3.05) is 7.05 Å². The highest BCUT2D eigenvalue weighted by atomic mass is 19.2. The lowest BCUT2D eigenvalue weighted by Crippen LogP contribution is -2.30. The molecule has 0 aliphatic heterocycles. The van der Waals surface area contributed by atoms with Gasteiger partial charge in [-0.1, -0.05) is 12.1 Å². The number of aromatic nitrogens is 2. The number of likely N-dealkylation sites (N-methyl/N-ethyl adjacent to an activating group) is 1. The molecule has 0 radical (unpaired) electrons. The Morgan fingerprint density at radius 1 is 1.19 bits per heavy atom. The number of hydrogen-bond donors (Lipinski definition) is 1. The molecule has 0 aliphatic rings. The highest BCUT2D eigenvalue weighted by molar-refractivity contribution is 5.20. The van der Waals surface area contributed by atoms with Gasteiger partial charge in [-0.05, 0) is 45.0 Å². The molecule has 2 rings (SSSR count). The molecule has 21 heavy (non-hydrogen) atoms. The van der Waals surface area contributed by atoms with E-state index in [0.717, 1.165) is 11.8 Å². The van der Waals surface area contributed by atoms with Crippen molar-refractivity contribution in [1.82, 2.24) is 15.1 Å². The van der Waals surface area contributed by atoms with Crippen LogP contribution in [0.2, 0.25) is 0 Å². The summed E-state index contributed by atoms with van der Waals surface area (Å²) < 4.78 is 28.9. The molecule has 114 valence electrons. The second-order valence-electron chi connectivity index (χ2n) is 5.49. The Morgan fingerprint density at radius 3 is 2.57 bits per heavy atom. The van der Waals surface area contributed by atoms with Gasteiger partial charge in [0.15, 0.2) is 11.6 Å². The van der Waals surface area contributed by atoms with Crippen molar-refractivity contribution in [3.8, 4) is 0 Å². The molecule has 3 nitrogen and oxygen atoms in total. The van der Waals surface area contributed by atoms with Gasteiger partial charge in [-0.2, -0.15) is 5.10 Å². The fourth-order valence-electron chi connectivity index (χ4n) is 2.27. The van der Waals surface area contributed by atoms with E-state index in [9.17, 15) is 8.78 Å². The van der Waals surface area contributed by atoms with E-state index >= 15 is 0 Å². The summed E-state index contributed by atoms with van der Waals surface area (Å²) in [6.45, 7) is 4.13. The minimum absolute atomic E-state index is 0.0109. The zero-order valence-electron chi connectivity index (χ0n) is 12.6. The first-order chi connectivity index (χ1) is 10.0. The number of nitrogens with zero attached hydrogens (tertiary/aromatic N) is 2. The van der Waals surface area contributed by atoms with E-state index in [1.165, 1.54) is 6.07 Å². The van der Waals surface area contributed by atoms with Gasteiger partial charge < -0.3 is 5.32 Å². The molecule has 0 bridgehead atoms. The molecule has 1 atom stereocenters. The van der Waals surface area contributed by atoms with E-state index in [-0.39, 0.29) is 6.04 Å². The molecule has 0 spiro atoms. The number of benzene rings is 1. The average molecular weight is 293 g/mol. The summed E-state index contributed by atoms with van der Waals surface area (Å²) >= 11 is 0. The third-order valence-corrected chi connectivity index (χ3v) is 3.55. The molecule has 0 saturated heterocycles. The molecule has 1 aromatic heterocycles. The van der Waals surface area contributed by atoms with Crippen molar-refractivity contribution in [2.45, 2.75) is 38.8 Å². The molecular formula is C16H21F2N3. The highest BCUT2D eigenvalue weighted by Crippen LogP contribution is 2.15. The number of halogens is 2. The second kappa shape index (κ2) is 6.80. The topological polar surface area (TPSA) is 29.9 Å². The number of nitrogens with one attached hydrogen (secondary N) is 1. The van der Waals surface area contributed by atoms with Gasteiger partial charge in [-0.25, -0.2) is 8.78 Å². The maximum atomic E-state index is 13.7. The van der Waals surface area contributed by atoms with Crippen molar-refractivity contribution in [1.29, 1.82) is 0 Å². The lowest BCUT2D eigenvalue weighted by atomic mass is 10.0. The van der Waals surface area contributed by atoms with Gasteiger partial charge in [0.2, 0.25) is 0 Å². The summed E-state index contributed by atoms with van der Waals surface area (Å²) in [7, 11) is 1.82. The van der Waals surface area contributed by atoms with E-state index in [4.69, 9.17) is 0 Å². The molecule has 0 fully saturated rings. The summed E-state index contributed by atoms with van der Waals surface area (Å²) in [5.41, 5.74) is 1.33. The lowest BCUT2D eigenvalue weighted by molar-refractivity contribution is 0.477. The SMILES string of the molecule is CNC(Cc1ccn(C(C)C)n1)Cc1cccc(F)c1F. The maximum absolute atomic E-state index is 13.7. The maximum Gasteiger partial charge on any atom is 0.162 e. The molecule has 0 amide bonds. The Morgan fingerprint density at radius 2 is 1.95 bits per heavy atom.